The highest BCUT2D eigenvalue weighted by Gasteiger charge is 2.20. The van der Waals surface area contributed by atoms with Crippen molar-refractivity contribution in [1.82, 2.24) is 0 Å². The van der Waals surface area contributed by atoms with E-state index >= 15 is 0 Å². The Morgan fingerprint density at radius 2 is 1.73 bits per heavy atom. The first kappa shape index (κ1) is 19.7. The summed E-state index contributed by atoms with van der Waals surface area (Å²) in [5.41, 5.74) is 2.17. The van der Waals surface area contributed by atoms with E-state index in [0.29, 0.717) is 16.9 Å². The van der Waals surface area contributed by atoms with Gasteiger partial charge in [-0.3, -0.25) is 14.9 Å². The number of nitro benzene ring substituents is 1. The van der Waals surface area contributed by atoms with Gasteiger partial charge in [0.25, 0.3) is 11.6 Å². The summed E-state index contributed by atoms with van der Waals surface area (Å²) in [5, 5.41) is 14.0. The number of nitro groups is 1. The number of benzene rings is 2. The normalized spacial score (nSPS) is 11.2. The molecule has 1 amide bonds. The summed E-state index contributed by atoms with van der Waals surface area (Å²) >= 11 is 6.13. The Kier molecular flexibility index (Phi) is 5.56. The molecule has 26 heavy (non-hydrogen) atoms. The summed E-state index contributed by atoms with van der Waals surface area (Å²) < 4.78 is 0. The lowest BCUT2D eigenvalue weighted by molar-refractivity contribution is -0.384. The van der Waals surface area contributed by atoms with Gasteiger partial charge in [0.1, 0.15) is 5.69 Å². The van der Waals surface area contributed by atoms with E-state index in [0.717, 1.165) is 5.56 Å². The van der Waals surface area contributed by atoms with Crippen LogP contribution >= 0.6 is 11.6 Å². The van der Waals surface area contributed by atoms with Crippen molar-refractivity contribution in [1.29, 1.82) is 0 Å². The Morgan fingerprint density at radius 1 is 1.15 bits per heavy atom. The lowest BCUT2D eigenvalue weighted by Gasteiger charge is -2.19. The van der Waals surface area contributed by atoms with Gasteiger partial charge in [-0.05, 0) is 29.2 Å². The molecule has 0 spiro atoms. The molecule has 0 aromatic heterocycles. The summed E-state index contributed by atoms with van der Waals surface area (Å²) in [5.74, 6) is -0.328. The van der Waals surface area contributed by atoms with Gasteiger partial charge in [-0.1, -0.05) is 44.5 Å². The van der Waals surface area contributed by atoms with Crippen molar-refractivity contribution in [2.75, 3.05) is 24.3 Å². The van der Waals surface area contributed by atoms with Crippen LogP contribution in [0.2, 0.25) is 5.02 Å². The average Bonchev–Trinajstić information content (AvgIpc) is 2.55. The Labute approximate surface area is 157 Å². The van der Waals surface area contributed by atoms with Crippen LogP contribution in [0.4, 0.5) is 17.1 Å². The van der Waals surface area contributed by atoms with Crippen molar-refractivity contribution in [2.24, 2.45) is 0 Å². The van der Waals surface area contributed by atoms with Crippen LogP contribution < -0.4 is 10.2 Å². The third-order valence-electron chi connectivity index (χ3n) is 4.00. The van der Waals surface area contributed by atoms with Crippen LogP contribution in [-0.4, -0.2) is 24.9 Å². The fourth-order valence-electron chi connectivity index (χ4n) is 2.47. The van der Waals surface area contributed by atoms with E-state index in [1.807, 2.05) is 12.1 Å². The van der Waals surface area contributed by atoms with Gasteiger partial charge in [-0.2, -0.15) is 0 Å². The van der Waals surface area contributed by atoms with Crippen LogP contribution in [0.1, 0.15) is 36.7 Å². The number of carbonyl (C=O) groups excluding carboxylic acids is 1. The van der Waals surface area contributed by atoms with Gasteiger partial charge in [0, 0.05) is 25.7 Å². The maximum atomic E-state index is 12.5. The fourth-order valence-corrected chi connectivity index (χ4v) is 2.67. The molecule has 0 unspecified atom stereocenters. The van der Waals surface area contributed by atoms with Crippen molar-refractivity contribution in [3.8, 4) is 0 Å². The molecule has 1 N–H and O–H groups in total. The largest absolute Gasteiger partial charge is 0.372 e. The maximum Gasteiger partial charge on any atom is 0.294 e. The minimum absolute atomic E-state index is 0.00269. The van der Waals surface area contributed by atoms with Gasteiger partial charge in [-0.25, -0.2) is 0 Å². The molecule has 0 aliphatic heterocycles. The van der Waals surface area contributed by atoms with Crippen molar-refractivity contribution >= 4 is 34.6 Å². The lowest BCUT2D eigenvalue weighted by Crippen LogP contribution is -2.16. The first-order valence-electron chi connectivity index (χ1n) is 8.08. The topological polar surface area (TPSA) is 75.5 Å². The van der Waals surface area contributed by atoms with Crippen LogP contribution in [0.5, 0.6) is 0 Å². The Hall–Kier alpha value is -2.60. The number of carbonyl (C=O) groups is 1. The van der Waals surface area contributed by atoms with E-state index in [1.165, 1.54) is 12.1 Å². The van der Waals surface area contributed by atoms with Crippen molar-refractivity contribution in [3.63, 3.8) is 0 Å². The van der Waals surface area contributed by atoms with Crippen LogP contribution in [0, 0.1) is 10.1 Å². The molecular formula is C19H22ClN3O3. The minimum atomic E-state index is -0.502. The second kappa shape index (κ2) is 7.33. The minimum Gasteiger partial charge on any atom is -0.372 e. The number of nitrogens with one attached hydrogen (secondary N) is 1. The second-order valence-electron chi connectivity index (χ2n) is 7.25. The van der Waals surface area contributed by atoms with Crippen LogP contribution in [0.25, 0.3) is 0 Å². The van der Waals surface area contributed by atoms with Gasteiger partial charge < -0.3 is 10.2 Å². The molecule has 0 atom stereocenters. The van der Waals surface area contributed by atoms with Gasteiger partial charge in [-0.15, -0.1) is 0 Å². The molecule has 2 aromatic rings. The number of rotatable bonds is 4. The zero-order valence-electron chi connectivity index (χ0n) is 15.5. The highest BCUT2D eigenvalue weighted by molar-refractivity contribution is 6.34. The van der Waals surface area contributed by atoms with E-state index in [1.54, 1.807) is 31.1 Å². The van der Waals surface area contributed by atoms with E-state index in [2.05, 4.69) is 26.1 Å². The smallest absolute Gasteiger partial charge is 0.294 e. The van der Waals surface area contributed by atoms with Crippen LogP contribution in [-0.2, 0) is 5.41 Å². The molecule has 2 aromatic carbocycles. The number of nitrogens with zero attached hydrogens (tertiary/aromatic N) is 2. The molecule has 6 nitrogen and oxygen atoms in total. The van der Waals surface area contributed by atoms with Crippen molar-refractivity contribution in [2.45, 2.75) is 26.2 Å². The second-order valence-corrected chi connectivity index (χ2v) is 7.66. The number of anilines is 2. The summed E-state index contributed by atoms with van der Waals surface area (Å²) in [6.07, 6.45) is 0. The average molecular weight is 376 g/mol. The third-order valence-corrected chi connectivity index (χ3v) is 4.32. The molecule has 138 valence electrons. The van der Waals surface area contributed by atoms with Gasteiger partial charge in [0.05, 0.1) is 15.6 Å². The van der Waals surface area contributed by atoms with Gasteiger partial charge >= 0.3 is 0 Å². The molecule has 0 aliphatic carbocycles. The molecule has 0 saturated carbocycles. The van der Waals surface area contributed by atoms with E-state index in [4.69, 9.17) is 11.6 Å². The van der Waals surface area contributed by atoms with Crippen molar-refractivity contribution in [3.05, 3.63) is 62.7 Å². The predicted molar refractivity (Wildman–Crippen MR) is 106 cm³/mol. The molecule has 0 fully saturated rings. The van der Waals surface area contributed by atoms with Crippen LogP contribution in [0.3, 0.4) is 0 Å². The predicted octanol–water partition coefficient (Wildman–Crippen LogP) is 4.86. The number of amides is 1. The molecule has 0 saturated heterocycles. The summed E-state index contributed by atoms with van der Waals surface area (Å²) in [7, 11) is 3.38. The molecular weight excluding hydrogens is 354 g/mol. The number of hydrogen-bond donors (Lipinski definition) is 1. The van der Waals surface area contributed by atoms with Crippen molar-refractivity contribution < 1.29 is 9.72 Å². The third kappa shape index (κ3) is 4.32. The number of halogens is 1. The Bertz CT molecular complexity index is 840. The molecule has 7 heteroatoms. The molecule has 2 rings (SSSR count). The zero-order chi connectivity index (χ0) is 19.6. The van der Waals surface area contributed by atoms with Crippen LogP contribution in [0.15, 0.2) is 36.4 Å². The molecule has 0 bridgehead atoms. The summed E-state index contributed by atoms with van der Waals surface area (Å²) in [6, 6.07) is 10.1. The highest BCUT2D eigenvalue weighted by atomic mass is 35.5. The SMILES string of the molecule is CN(C)c1cc(NC(=O)c2ccc(C(C)(C)C)cc2)c(Cl)cc1[N+](=O)[O-]. The lowest BCUT2D eigenvalue weighted by atomic mass is 9.87. The zero-order valence-corrected chi connectivity index (χ0v) is 16.2. The maximum absolute atomic E-state index is 12.5. The number of hydrogen-bond acceptors (Lipinski definition) is 4. The highest BCUT2D eigenvalue weighted by Crippen LogP contribution is 2.36. The summed E-state index contributed by atoms with van der Waals surface area (Å²) in [4.78, 5) is 24.8. The fraction of sp³-hybridized carbons (Fsp3) is 0.316. The molecule has 0 radical (unpaired) electrons. The van der Waals surface area contributed by atoms with Gasteiger partial charge in [0.2, 0.25) is 0 Å². The van der Waals surface area contributed by atoms with Gasteiger partial charge in [0.15, 0.2) is 0 Å². The quantitative estimate of drug-likeness (QED) is 0.611. The molecule has 0 heterocycles. The first-order valence-corrected chi connectivity index (χ1v) is 8.45. The summed E-state index contributed by atoms with van der Waals surface area (Å²) in [6.45, 7) is 6.30. The monoisotopic (exact) mass is 375 g/mol. The Morgan fingerprint density at radius 3 is 2.19 bits per heavy atom. The van der Waals surface area contributed by atoms with E-state index in [-0.39, 0.29) is 22.0 Å². The van der Waals surface area contributed by atoms with E-state index < -0.39 is 4.92 Å². The standard InChI is InChI=1S/C19H22ClN3O3/c1-19(2,3)13-8-6-12(7-9-13)18(24)21-15-11-16(22(4)5)17(23(25)26)10-14(15)20/h6-11H,1-5H3,(H,21,24). The first-order chi connectivity index (χ1) is 12.0. The molecule has 0 aliphatic rings. The van der Waals surface area contributed by atoms with E-state index in [9.17, 15) is 14.9 Å². The Balaban J connectivity index is 2.31.